The van der Waals surface area contributed by atoms with Gasteiger partial charge in [0.25, 0.3) is 0 Å². The molecule has 0 heterocycles. The SMILES string of the molecule is C.C.C=C(N)CF.NC(F)NO. The van der Waals surface area contributed by atoms with Gasteiger partial charge in [-0.25, -0.2) is 8.78 Å². The minimum atomic E-state index is -1.81. The summed E-state index contributed by atoms with van der Waals surface area (Å²) in [5.41, 5.74) is 10.2. The van der Waals surface area contributed by atoms with Crippen molar-refractivity contribution in [3.8, 4) is 0 Å². The van der Waals surface area contributed by atoms with Gasteiger partial charge in [0.1, 0.15) is 6.67 Å². The summed E-state index contributed by atoms with van der Waals surface area (Å²) in [4.78, 5) is 0. The Bertz CT molecular complexity index is 90.9. The smallest absolute Gasteiger partial charge is 0.223 e. The standard InChI is InChI=1S/C3H6FN.CH5FN2O.2CH4/c1-3(5)2-4;2-1(3)4-5;;/h1-2,5H2;1,4-5H,3H2;2*1H4. The average molecular weight is 187 g/mol. The minimum absolute atomic E-state index is 0. The van der Waals surface area contributed by atoms with Crippen LogP contribution in [0.15, 0.2) is 12.3 Å². The van der Waals surface area contributed by atoms with Crippen molar-refractivity contribution in [1.82, 2.24) is 5.48 Å². The van der Waals surface area contributed by atoms with E-state index < -0.39 is 13.1 Å². The van der Waals surface area contributed by atoms with Crippen LogP contribution < -0.4 is 16.9 Å². The Balaban J connectivity index is -0.0000000457. The fraction of sp³-hybridized carbons (Fsp3) is 0.667. The van der Waals surface area contributed by atoms with Crippen LogP contribution in [0.4, 0.5) is 8.78 Å². The molecule has 6 N–H and O–H groups in total. The van der Waals surface area contributed by atoms with E-state index in [1.807, 2.05) is 0 Å². The van der Waals surface area contributed by atoms with E-state index in [1.54, 1.807) is 0 Å². The van der Waals surface area contributed by atoms with Crippen LogP contribution in [0.5, 0.6) is 0 Å². The summed E-state index contributed by atoms with van der Waals surface area (Å²) in [6.07, 6.45) is -1.81. The number of hydrogen-bond donors (Lipinski definition) is 4. The molecule has 6 heteroatoms. The molecule has 0 aliphatic carbocycles. The molecule has 0 saturated heterocycles. The predicted molar refractivity (Wildman–Crippen MR) is 46.8 cm³/mol. The van der Waals surface area contributed by atoms with Gasteiger partial charge in [-0.05, 0) is 0 Å². The first-order valence-electron chi connectivity index (χ1n) is 2.33. The normalized spacial score (nSPS) is 9.33. The van der Waals surface area contributed by atoms with Crippen LogP contribution in [0.25, 0.3) is 0 Å². The lowest BCUT2D eigenvalue weighted by molar-refractivity contribution is 0.0634. The molecule has 0 bridgehead atoms. The van der Waals surface area contributed by atoms with E-state index in [1.165, 1.54) is 0 Å². The van der Waals surface area contributed by atoms with E-state index in [4.69, 9.17) is 10.9 Å². The molecule has 0 aromatic carbocycles. The van der Waals surface area contributed by atoms with E-state index in [9.17, 15) is 8.78 Å². The first kappa shape index (κ1) is 22.5. The Morgan fingerprint density at radius 3 is 1.75 bits per heavy atom. The predicted octanol–water partition coefficient (Wildman–Crippen LogP) is 0.878. The highest BCUT2D eigenvalue weighted by Gasteiger charge is 1.84. The van der Waals surface area contributed by atoms with Gasteiger partial charge < -0.3 is 10.9 Å². The Morgan fingerprint density at radius 1 is 1.58 bits per heavy atom. The Morgan fingerprint density at radius 2 is 1.75 bits per heavy atom. The van der Waals surface area contributed by atoms with Crippen LogP contribution in [0.1, 0.15) is 14.9 Å². The van der Waals surface area contributed by atoms with Crippen molar-refractivity contribution in [2.45, 2.75) is 21.3 Å². The van der Waals surface area contributed by atoms with E-state index in [0.717, 1.165) is 5.48 Å². The van der Waals surface area contributed by atoms with Crippen LogP contribution >= 0.6 is 0 Å². The van der Waals surface area contributed by atoms with Crippen molar-refractivity contribution in [2.24, 2.45) is 11.5 Å². The van der Waals surface area contributed by atoms with Crippen LogP contribution in [-0.4, -0.2) is 18.3 Å². The summed E-state index contributed by atoms with van der Waals surface area (Å²) in [5, 5.41) is 7.39. The molecule has 0 aliphatic heterocycles. The summed E-state index contributed by atoms with van der Waals surface area (Å²) >= 11 is 0. The zero-order valence-corrected chi connectivity index (χ0v) is 5.35. The number of nitrogens with two attached hydrogens (primary N) is 2. The third-order valence-electron chi connectivity index (χ3n) is 0.295. The lowest BCUT2D eigenvalue weighted by Gasteiger charge is -1.90. The number of nitrogens with one attached hydrogen (secondary N) is 1. The third kappa shape index (κ3) is 59.1. The number of halogens is 2. The van der Waals surface area contributed by atoms with Crippen molar-refractivity contribution in [1.29, 1.82) is 0 Å². The summed E-state index contributed by atoms with van der Waals surface area (Å²) < 4.78 is 21.7. The van der Waals surface area contributed by atoms with E-state index in [-0.39, 0.29) is 20.6 Å². The van der Waals surface area contributed by atoms with E-state index in [2.05, 4.69) is 12.3 Å². The van der Waals surface area contributed by atoms with Gasteiger partial charge in [-0.1, -0.05) is 21.4 Å². The molecule has 0 rings (SSSR count). The number of rotatable bonds is 2. The third-order valence-corrected chi connectivity index (χ3v) is 0.295. The monoisotopic (exact) mass is 187 g/mol. The highest BCUT2D eigenvalue weighted by atomic mass is 19.1. The fourth-order valence-corrected chi connectivity index (χ4v) is 0. The van der Waals surface area contributed by atoms with Crippen molar-refractivity contribution in [2.75, 3.05) is 6.67 Å². The van der Waals surface area contributed by atoms with E-state index in [0.29, 0.717) is 0 Å². The molecule has 0 aromatic rings. The maximum Gasteiger partial charge on any atom is 0.223 e. The van der Waals surface area contributed by atoms with Gasteiger partial charge in [-0.15, -0.1) is 0 Å². The van der Waals surface area contributed by atoms with Gasteiger partial charge in [0.05, 0.1) is 0 Å². The molecule has 0 amide bonds. The lowest BCUT2D eigenvalue weighted by Crippen LogP contribution is -2.29. The van der Waals surface area contributed by atoms with E-state index >= 15 is 0 Å². The second-order valence-corrected chi connectivity index (χ2v) is 1.32. The topological polar surface area (TPSA) is 84.3 Å². The van der Waals surface area contributed by atoms with Gasteiger partial charge in [-0.3, -0.25) is 5.73 Å². The molecule has 4 nitrogen and oxygen atoms in total. The Kier molecular flexibility index (Phi) is 31.3. The minimum Gasteiger partial charge on any atom is -0.400 e. The molecule has 1 unspecified atom stereocenters. The van der Waals surface area contributed by atoms with Crippen molar-refractivity contribution >= 4 is 0 Å². The summed E-state index contributed by atoms with van der Waals surface area (Å²) in [6, 6.07) is 0. The maximum atomic E-state index is 10.9. The summed E-state index contributed by atoms with van der Waals surface area (Å²) in [5.74, 6) is 0. The molecule has 0 radical (unpaired) electrons. The zero-order chi connectivity index (χ0) is 8.57. The number of hydroxylamine groups is 1. The van der Waals surface area contributed by atoms with Gasteiger partial charge >= 0.3 is 0 Å². The number of hydrogen-bond acceptors (Lipinski definition) is 4. The van der Waals surface area contributed by atoms with Gasteiger partial charge in [-0.2, -0.15) is 5.48 Å². The Hall–Kier alpha value is -0.720. The van der Waals surface area contributed by atoms with Crippen LogP contribution in [0.2, 0.25) is 0 Å². The second-order valence-electron chi connectivity index (χ2n) is 1.32. The largest absolute Gasteiger partial charge is 0.400 e. The second kappa shape index (κ2) is 16.7. The molecule has 78 valence electrons. The van der Waals surface area contributed by atoms with Gasteiger partial charge in [0.2, 0.25) is 6.42 Å². The van der Waals surface area contributed by atoms with Crippen LogP contribution in [0.3, 0.4) is 0 Å². The van der Waals surface area contributed by atoms with Crippen molar-refractivity contribution in [3.05, 3.63) is 12.3 Å². The summed E-state index contributed by atoms with van der Waals surface area (Å²) in [6.45, 7) is 2.47. The highest BCUT2D eigenvalue weighted by Crippen LogP contribution is 1.72. The van der Waals surface area contributed by atoms with Crippen molar-refractivity contribution in [3.63, 3.8) is 0 Å². The number of alkyl halides is 2. The highest BCUT2D eigenvalue weighted by molar-refractivity contribution is 4.83. The Labute approximate surface area is 72.2 Å². The average Bonchev–Trinajstić information content (AvgIpc) is 1.89. The van der Waals surface area contributed by atoms with Crippen molar-refractivity contribution < 1.29 is 14.0 Å². The first-order valence-corrected chi connectivity index (χ1v) is 2.33. The van der Waals surface area contributed by atoms with Gasteiger partial charge in [0.15, 0.2) is 0 Å². The molecule has 0 aliphatic rings. The molecule has 12 heavy (non-hydrogen) atoms. The fourth-order valence-electron chi connectivity index (χ4n) is 0. The first-order chi connectivity index (χ1) is 4.54. The molecule has 0 spiro atoms. The van der Waals surface area contributed by atoms with Crippen LogP contribution in [-0.2, 0) is 0 Å². The molecule has 1 atom stereocenters. The molecule has 0 fully saturated rings. The quantitative estimate of drug-likeness (QED) is 0.294. The summed E-state index contributed by atoms with van der Waals surface area (Å²) in [7, 11) is 0. The van der Waals surface area contributed by atoms with Gasteiger partial charge in [0, 0.05) is 5.70 Å². The molecular formula is C6H19F2N3O. The molecule has 0 saturated carbocycles. The lowest BCUT2D eigenvalue weighted by atomic mass is 10.6. The van der Waals surface area contributed by atoms with Crippen LogP contribution in [0, 0.1) is 0 Å². The maximum absolute atomic E-state index is 10.9. The molecular weight excluding hydrogens is 168 g/mol. The zero-order valence-electron chi connectivity index (χ0n) is 5.35. The molecule has 0 aromatic heterocycles. The number of allylic oxidation sites excluding steroid dienone is 1.